The third-order valence-electron chi connectivity index (χ3n) is 3.67. The molecule has 25 heavy (non-hydrogen) atoms. The Kier molecular flexibility index (Phi) is 5.48. The van der Waals surface area contributed by atoms with Crippen LogP contribution in [0.4, 0.5) is 5.69 Å². The minimum atomic E-state index is -0.0695. The van der Waals surface area contributed by atoms with Gasteiger partial charge in [-0.05, 0) is 71.8 Å². The average molecular weight is 468 g/mol. The van der Waals surface area contributed by atoms with Crippen molar-refractivity contribution < 1.29 is 9.21 Å². The zero-order chi connectivity index (χ0) is 18.0. The highest BCUT2D eigenvalue weighted by molar-refractivity contribution is 14.1. The molecule has 2 heterocycles. The molecule has 0 fully saturated rings. The first-order valence-corrected chi connectivity index (χ1v) is 9.65. The smallest absolute Gasteiger partial charge is 0.234 e. The van der Waals surface area contributed by atoms with Gasteiger partial charge in [0.15, 0.2) is 16.7 Å². The Bertz CT molecular complexity index is 883. The van der Waals surface area contributed by atoms with E-state index in [4.69, 9.17) is 4.42 Å². The lowest BCUT2D eigenvalue weighted by Crippen LogP contribution is -2.16. The predicted octanol–water partition coefficient (Wildman–Crippen LogP) is 4.03. The van der Waals surface area contributed by atoms with Gasteiger partial charge in [-0.3, -0.25) is 4.79 Å². The Balaban J connectivity index is 1.66. The van der Waals surface area contributed by atoms with E-state index in [-0.39, 0.29) is 11.7 Å². The van der Waals surface area contributed by atoms with Crippen molar-refractivity contribution in [1.82, 2.24) is 14.8 Å². The number of hydrogen-bond donors (Lipinski definition) is 1. The molecule has 0 aliphatic heterocycles. The van der Waals surface area contributed by atoms with Gasteiger partial charge in [0, 0.05) is 16.3 Å². The van der Waals surface area contributed by atoms with E-state index in [1.807, 2.05) is 31.5 Å². The van der Waals surface area contributed by atoms with Crippen LogP contribution in [-0.2, 0) is 11.8 Å². The molecule has 1 amide bonds. The van der Waals surface area contributed by atoms with Gasteiger partial charge in [0.25, 0.3) is 0 Å². The standard InChI is InChI=1S/C17H17IN4O2S/c1-10-7-12(18)8-11(2)15(10)19-14(23)9-25-17-21-20-16(22(17)3)13-5-4-6-24-13/h4-8H,9H2,1-3H3,(H,19,23). The van der Waals surface area contributed by atoms with E-state index >= 15 is 0 Å². The molecule has 2 aromatic heterocycles. The van der Waals surface area contributed by atoms with E-state index in [1.165, 1.54) is 11.8 Å². The summed E-state index contributed by atoms with van der Waals surface area (Å²) >= 11 is 3.62. The second-order valence-corrected chi connectivity index (χ2v) is 7.78. The lowest BCUT2D eigenvalue weighted by molar-refractivity contribution is -0.113. The highest BCUT2D eigenvalue weighted by Gasteiger charge is 2.15. The topological polar surface area (TPSA) is 73.0 Å². The van der Waals surface area contributed by atoms with E-state index in [1.54, 1.807) is 12.3 Å². The first-order valence-electron chi connectivity index (χ1n) is 7.58. The number of nitrogens with zero attached hydrogens (tertiary/aromatic N) is 3. The van der Waals surface area contributed by atoms with Gasteiger partial charge < -0.3 is 14.3 Å². The van der Waals surface area contributed by atoms with E-state index < -0.39 is 0 Å². The Morgan fingerprint density at radius 2 is 2.04 bits per heavy atom. The van der Waals surface area contributed by atoms with E-state index in [0.29, 0.717) is 16.7 Å². The highest BCUT2D eigenvalue weighted by Crippen LogP contribution is 2.25. The molecule has 0 saturated carbocycles. The Hall–Kier alpha value is -1.81. The molecule has 0 radical (unpaired) electrons. The molecule has 8 heteroatoms. The van der Waals surface area contributed by atoms with Gasteiger partial charge in [0.05, 0.1) is 12.0 Å². The van der Waals surface area contributed by atoms with Gasteiger partial charge in [-0.25, -0.2) is 0 Å². The summed E-state index contributed by atoms with van der Waals surface area (Å²) in [5.74, 6) is 1.48. The Morgan fingerprint density at radius 1 is 1.32 bits per heavy atom. The van der Waals surface area contributed by atoms with Crippen LogP contribution in [-0.4, -0.2) is 26.4 Å². The molecule has 1 N–H and O–H groups in total. The number of furan rings is 1. The van der Waals surface area contributed by atoms with Crippen molar-refractivity contribution in [1.29, 1.82) is 0 Å². The highest BCUT2D eigenvalue weighted by atomic mass is 127. The molecular formula is C17H17IN4O2S. The van der Waals surface area contributed by atoms with Crippen molar-refractivity contribution in [2.45, 2.75) is 19.0 Å². The maximum absolute atomic E-state index is 12.3. The molecule has 0 aliphatic rings. The van der Waals surface area contributed by atoms with Crippen molar-refractivity contribution in [2.24, 2.45) is 7.05 Å². The molecule has 6 nitrogen and oxygen atoms in total. The van der Waals surface area contributed by atoms with Crippen LogP contribution in [0.15, 0.2) is 40.1 Å². The number of carbonyl (C=O) groups is 1. The van der Waals surface area contributed by atoms with Crippen LogP contribution in [0.25, 0.3) is 11.6 Å². The molecule has 3 aromatic rings. The third-order valence-corrected chi connectivity index (χ3v) is 5.31. The molecule has 0 saturated heterocycles. The fourth-order valence-corrected chi connectivity index (χ4v) is 4.12. The van der Waals surface area contributed by atoms with Crippen molar-refractivity contribution in [3.8, 4) is 11.6 Å². The monoisotopic (exact) mass is 468 g/mol. The van der Waals surface area contributed by atoms with Gasteiger partial charge in [0.2, 0.25) is 5.91 Å². The fraction of sp³-hybridized carbons (Fsp3) is 0.235. The van der Waals surface area contributed by atoms with Gasteiger partial charge >= 0.3 is 0 Å². The van der Waals surface area contributed by atoms with Crippen molar-refractivity contribution in [2.75, 3.05) is 11.1 Å². The number of nitrogens with one attached hydrogen (secondary N) is 1. The summed E-state index contributed by atoms with van der Waals surface area (Å²) in [6.45, 7) is 3.99. The zero-order valence-electron chi connectivity index (χ0n) is 14.0. The molecule has 0 aliphatic carbocycles. The number of rotatable bonds is 5. The molecule has 0 bridgehead atoms. The summed E-state index contributed by atoms with van der Waals surface area (Å²) in [5, 5.41) is 11.9. The summed E-state index contributed by atoms with van der Waals surface area (Å²) in [4.78, 5) is 12.3. The lowest BCUT2D eigenvalue weighted by Gasteiger charge is -2.12. The second kappa shape index (κ2) is 7.61. The number of anilines is 1. The summed E-state index contributed by atoms with van der Waals surface area (Å²) in [7, 11) is 1.85. The number of halogens is 1. The fourth-order valence-electron chi connectivity index (χ4n) is 2.47. The van der Waals surface area contributed by atoms with Crippen molar-refractivity contribution in [3.63, 3.8) is 0 Å². The number of carbonyl (C=O) groups excluding carboxylic acids is 1. The molecule has 0 atom stereocenters. The number of aromatic nitrogens is 3. The normalized spacial score (nSPS) is 10.9. The maximum atomic E-state index is 12.3. The number of aryl methyl sites for hydroxylation is 2. The van der Waals surface area contributed by atoms with E-state index in [2.05, 4.69) is 50.2 Å². The molecule has 130 valence electrons. The minimum Gasteiger partial charge on any atom is -0.461 e. The van der Waals surface area contributed by atoms with Crippen LogP contribution < -0.4 is 5.32 Å². The maximum Gasteiger partial charge on any atom is 0.234 e. The van der Waals surface area contributed by atoms with Crippen LogP contribution >= 0.6 is 34.4 Å². The molecular weight excluding hydrogens is 451 g/mol. The van der Waals surface area contributed by atoms with Gasteiger partial charge in [0.1, 0.15) is 0 Å². The Labute approximate surface area is 163 Å². The van der Waals surface area contributed by atoms with Gasteiger partial charge in [-0.1, -0.05) is 11.8 Å². The quantitative estimate of drug-likeness (QED) is 0.452. The molecule has 0 unspecified atom stereocenters. The van der Waals surface area contributed by atoms with Crippen LogP contribution in [0.5, 0.6) is 0 Å². The summed E-state index contributed by atoms with van der Waals surface area (Å²) in [6, 6.07) is 7.73. The van der Waals surface area contributed by atoms with Crippen molar-refractivity contribution >= 4 is 45.9 Å². The summed E-state index contributed by atoms with van der Waals surface area (Å²) in [6.07, 6.45) is 1.59. The number of amides is 1. The average Bonchev–Trinajstić information content (AvgIpc) is 3.18. The zero-order valence-corrected chi connectivity index (χ0v) is 17.0. The molecule has 1 aromatic carbocycles. The predicted molar refractivity (Wildman–Crippen MR) is 107 cm³/mol. The van der Waals surface area contributed by atoms with Crippen LogP contribution in [0.3, 0.4) is 0 Å². The minimum absolute atomic E-state index is 0.0695. The van der Waals surface area contributed by atoms with Crippen molar-refractivity contribution in [3.05, 3.63) is 45.2 Å². The van der Waals surface area contributed by atoms with Gasteiger partial charge in [-0.2, -0.15) is 0 Å². The Morgan fingerprint density at radius 3 is 2.68 bits per heavy atom. The molecule has 0 spiro atoms. The van der Waals surface area contributed by atoms with E-state index in [0.717, 1.165) is 20.4 Å². The summed E-state index contributed by atoms with van der Waals surface area (Å²) in [5.41, 5.74) is 2.99. The number of thioether (sulfide) groups is 1. The van der Waals surface area contributed by atoms with Gasteiger partial charge in [-0.15, -0.1) is 10.2 Å². The second-order valence-electron chi connectivity index (χ2n) is 5.59. The van der Waals surface area contributed by atoms with Crippen LogP contribution in [0.1, 0.15) is 11.1 Å². The summed E-state index contributed by atoms with van der Waals surface area (Å²) < 4.78 is 8.32. The molecule has 3 rings (SSSR count). The number of benzene rings is 1. The van der Waals surface area contributed by atoms with Crippen LogP contribution in [0, 0.1) is 17.4 Å². The SMILES string of the molecule is Cc1cc(I)cc(C)c1NC(=O)CSc1nnc(-c2ccco2)n1C. The largest absolute Gasteiger partial charge is 0.461 e. The van der Waals surface area contributed by atoms with E-state index in [9.17, 15) is 4.79 Å². The van der Waals surface area contributed by atoms with Crippen LogP contribution in [0.2, 0.25) is 0 Å². The third kappa shape index (κ3) is 4.06. The first-order chi connectivity index (χ1) is 12.0. The first kappa shape index (κ1) is 18.0. The lowest BCUT2D eigenvalue weighted by atomic mass is 10.1. The number of hydrogen-bond acceptors (Lipinski definition) is 5.